The second kappa shape index (κ2) is 12.2. The molecule has 0 aliphatic heterocycles. The number of carboxylic acid groups (broad SMARTS) is 1. The fraction of sp³-hybridized carbons (Fsp3) is 0.120. The van der Waals surface area contributed by atoms with Gasteiger partial charge in [-0.2, -0.15) is 23.3 Å². The fourth-order valence-corrected chi connectivity index (χ4v) is 4.05. The molecule has 0 aliphatic rings. The predicted octanol–water partition coefficient (Wildman–Crippen LogP) is 4.40. The number of hydrogen-bond donors (Lipinski definition) is 3. The number of benzene rings is 1. The van der Waals surface area contributed by atoms with Crippen LogP contribution in [0.25, 0.3) is 11.3 Å². The number of hydrogen-bond acceptors (Lipinski definition) is 8. The van der Waals surface area contributed by atoms with E-state index < -0.39 is 35.3 Å². The number of carbonyl (C=O) groups is 3. The highest BCUT2D eigenvalue weighted by Crippen LogP contribution is 2.39. The number of halogens is 3. The number of thiophene rings is 1. The van der Waals surface area contributed by atoms with Crippen molar-refractivity contribution in [3.8, 4) is 17.0 Å². The van der Waals surface area contributed by atoms with Gasteiger partial charge in [0.15, 0.2) is 5.75 Å². The minimum atomic E-state index is -4.51. The monoisotopic (exact) mass is 574 g/mol. The first kappa shape index (κ1) is 29.5. The fourth-order valence-electron chi connectivity index (χ4n) is 3.28. The van der Waals surface area contributed by atoms with E-state index in [9.17, 15) is 32.7 Å². The maximum atomic E-state index is 12.9. The molecule has 40 heavy (non-hydrogen) atoms. The van der Waals surface area contributed by atoms with Gasteiger partial charge >= 0.3 is 12.1 Å². The molecule has 3 heterocycles. The summed E-state index contributed by atoms with van der Waals surface area (Å²) in [6.45, 7) is 1.52. The Labute approximate surface area is 228 Å². The summed E-state index contributed by atoms with van der Waals surface area (Å²) in [6, 6.07) is 11.7. The number of nitrogens with zero attached hydrogens (tertiary/aromatic N) is 5. The molecule has 4 rings (SSSR count). The molecule has 0 aliphatic carbocycles. The van der Waals surface area contributed by atoms with Crippen molar-refractivity contribution in [1.82, 2.24) is 14.8 Å². The Morgan fingerprint density at radius 3 is 2.20 bits per heavy atom. The average molecular weight is 575 g/mol. The molecule has 0 saturated heterocycles. The van der Waals surface area contributed by atoms with Gasteiger partial charge < -0.3 is 15.9 Å². The molecular weight excluding hydrogens is 553 g/mol. The van der Waals surface area contributed by atoms with E-state index in [0.29, 0.717) is 5.69 Å². The molecule has 2 amide bonds. The van der Waals surface area contributed by atoms with Crippen LogP contribution in [-0.4, -0.2) is 49.0 Å². The Hall–Kier alpha value is -5.05. The number of pyridine rings is 1. The highest BCUT2D eigenvalue weighted by atomic mass is 32.1. The number of primary amides is 1. The summed E-state index contributed by atoms with van der Waals surface area (Å²) in [5.74, 6) is -3.15. The van der Waals surface area contributed by atoms with Crippen molar-refractivity contribution in [2.75, 3.05) is 5.01 Å². The second-order valence-corrected chi connectivity index (χ2v) is 8.84. The summed E-state index contributed by atoms with van der Waals surface area (Å²) < 4.78 is 39.6. The minimum absolute atomic E-state index is 0.0455. The lowest BCUT2D eigenvalue weighted by Gasteiger charge is -2.13. The van der Waals surface area contributed by atoms with Gasteiger partial charge in [0.05, 0.1) is 10.4 Å². The Morgan fingerprint density at radius 1 is 1.07 bits per heavy atom. The van der Waals surface area contributed by atoms with Crippen LogP contribution in [0.5, 0.6) is 5.75 Å². The van der Waals surface area contributed by atoms with E-state index in [1.807, 2.05) is 0 Å². The molecular formula is C25H21F3N6O5S. The molecule has 3 aromatic heterocycles. The summed E-state index contributed by atoms with van der Waals surface area (Å²) in [5, 5.41) is 28.6. The van der Waals surface area contributed by atoms with E-state index in [0.717, 1.165) is 28.5 Å². The molecule has 0 spiro atoms. The molecule has 0 radical (unpaired) electrons. The Morgan fingerprint density at radius 2 is 1.73 bits per heavy atom. The molecule has 1 aromatic carbocycles. The number of rotatable bonds is 6. The molecule has 0 unspecified atom stereocenters. The second-order valence-electron chi connectivity index (χ2n) is 7.76. The average Bonchev–Trinajstić information content (AvgIpc) is 3.52. The molecule has 0 fully saturated rings. The van der Waals surface area contributed by atoms with Crippen LogP contribution < -0.4 is 10.7 Å². The van der Waals surface area contributed by atoms with Crippen molar-refractivity contribution >= 4 is 41.2 Å². The van der Waals surface area contributed by atoms with Gasteiger partial charge in [0.1, 0.15) is 16.3 Å². The number of hydrazone groups is 1. The number of carbonyl (C=O) groups excluding carboxylic acids is 2. The third kappa shape index (κ3) is 6.68. The SMILES string of the molecule is CC=NN(C(=O)c1ccc(C(=O)O)s1)c1nn(C)c(-c2ccc(C(F)(F)F)cc2)c1O.NC(=O)c1ccccn1. The zero-order valence-corrected chi connectivity index (χ0v) is 21.6. The van der Waals surface area contributed by atoms with Crippen LogP contribution >= 0.6 is 11.3 Å². The number of anilines is 1. The maximum Gasteiger partial charge on any atom is 0.416 e. The standard InChI is InChI=1S/C19H15F3N4O4S.C6H6N2O/c1-3-23-26(17(28)12-8-9-13(31-12)18(29)30)16-15(27)14(25(2)24-16)10-4-6-11(7-5-10)19(20,21)22;7-6(9)5-3-1-2-4-8-5/h3-9,27H,1-2H3,(H,29,30);1-4H,(H2,7,9). The smallest absolute Gasteiger partial charge is 0.416 e. The molecule has 0 bridgehead atoms. The predicted molar refractivity (Wildman–Crippen MR) is 140 cm³/mol. The molecule has 11 nitrogen and oxygen atoms in total. The highest BCUT2D eigenvalue weighted by Gasteiger charge is 2.31. The quantitative estimate of drug-likeness (QED) is 0.227. The number of carboxylic acids is 1. The van der Waals surface area contributed by atoms with E-state index in [2.05, 4.69) is 15.2 Å². The van der Waals surface area contributed by atoms with Crippen LogP contribution in [0.4, 0.5) is 19.0 Å². The summed E-state index contributed by atoms with van der Waals surface area (Å²) in [7, 11) is 1.45. The van der Waals surface area contributed by atoms with E-state index in [4.69, 9.17) is 10.8 Å². The third-order valence-electron chi connectivity index (χ3n) is 5.06. The van der Waals surface area contributed by atoms with Crippen LogP contribution in [0, 0.1) is 0 Å². The highest BCUT2D eigenvalue weighted by molar-refractivity contribution is 7.16. The van der Waals surface area contributed by atoms with Crippen LogP contribution in [0.1, 0.15) is 42.3 Å². The summed E-state index contributed by atoms with van der Waals surface area (Å²) in [6.07, 6.45) is -1.71. The van der Waals surface area contributed by atoms with E-state index in [1.165, 1.54) is 55.3 Å². The zero-order chi connectivity index (χ0) is 29.6. The third-order valence-corrected chi connectivity index (χ3v) is 6.12. The van der Waals surface area contributed by atoms with Crippen LogP contribution in [0.15, 0.2) is 65.9 Å². The number of aryl methyl sites for hydroxylation is 1. The number of aromatic nitrogens is 3. The lowest BCUT2D eigenvalue weighted by molar-refractivity contribution is -0.137. The number of nitrogens with two attached hydrogens (primary N) is 1. The normalized spacial score (nSPS) is 11.1. The van der Waals surface area contributed by atoms with Crippen molar-refractivity contribution in [2.24, 2.45) is 17.9 Å². The van der Waals surface area contributed by atoms with Gasteiger partial charge in [-0.1, -0.05) is 18.2 Å². The van der Waals surface area contributed by atoms with E-state index in [1.54, 1.807) is 18.2 Å². The Bertz CT molecular complexity index is 1550. The number of aromatic carboxylic acids is 1. The lowest BCUT2D eigenvalue weighted by atomic mass is 10.1. The van der Waals surface area contributed by atoms with Crippen molar-refractivity contribution in [3.05, 3.63) is 81.8 Å². The topological polar surface area (TPSA) is 164 Å². The molecule has 4 aromatic rings. The van der Waals surface area contributed by atoms with Gasteiger partial charge in [-0.25, -0.2) is 4.79 Å². The molecule has 4 N–H and O–H groups in total. The van der Waals surface area contributed by atoms with Crippen molar-refractivity contribution in [3.63, 3.8) is 0 Å². The summed E-state index contributed by atoms with van der Waals surface area (Å²) >= 11 is 0.728. The van der Waals surface area contributed by atoms with Gasteiger partial charge in [0.25, 0.3) is 11.8 Å². The van der Waals surface area contributed by atoms with E-state index in [-0.39, 0.29) is 26.8 Å². The summed E-state index contributed by atoms with van der Waals surface area (Å²) in [5.41, 5.74) is 4.68. The Kier molecular flexibility index (Phi) is 9.00. The van der Waals surface area contributed by atoms with Gasteiger partial charge in [-0.15, -0.1) is 16.4 Å². The Balaban J connectivity index is 0.000000415. The van der Waals surface area contributed by atoms with Crippen LogP contribution in [-0.2, 0) is 13.2 Å². The van der Waals surface area contributed by atoms with Crippen LogP contribution in [0.2, 0.25) is 0 Å². The van der Waals surface area contributed by atoms with Crippen molar-refractivity contribution < 1.29 is 37.8 Å². The van der Waals surface area contributed by atoms with Gasteiger partial charge in [0, 0.05) is 25.0 Å². The number of aromatic hydroxyl groups is 1. The molecule has 208 valence electrons. The number of alkyl halides is 3. The van der Waals surface area contributed by atoms with Gasteiger partial charge in [-0.05, 0) is 43.3 Å². The number of amides is 2. The van der Waals surface area contributed by atoms with Crippen LogP contribution in [0.3, 0.4) is 0 Å². The first-order valence-corrected chi connectivity index (χ1v) is 12.0. The van der Waals surface area contributed by atoms with E-state index >= 15 is 0 Å². The molecule has 0 atom stereocenters. The molecule has 0 saturated carbocycles. The maximum absolute atomic E-state index is 12.9. The largest absolute Gasteiger partial charge is 0.503 e. The first-order chi connectivity index (χ1) is 18.8. The first-order valence-electron chi connectivity index (χ1n) is 11.2. The lowest BCUT2D eigenvalue weighted by Crippen LogP contribution is -2.25. The van der Waals surface area contributed by atoms with Crippen molar-refractivity contribution in [1.29, 1.82) is 0 Å². The zero-order valence-electron chi connectivity index (χ0n) is 20.8. The summed E-state index contributed by atoms with van der Waals surface area (Å²) in [4.78, 5) is 38.0. The van der Waals surface area contributed by atoms with Gasteiger partial charge in [-0.3, -0.25) is 19.3 Å². The minimum Gasteiger partial charge on any atom is -0.503 e. The van der Waals surface area contributed by atoms with Gasteiger partial charge in [0.2, 0.25) is 5.82 Å². The van der Waals surface area contributed by atoms with Crippen molar-refractivity contribution in [2.45, 2.75) is 13.1 Å². The molecule has 15 heteroatoms.